The van der Waals surface area contributed by atoms with E-state index in [0.29, 0.717) is 5.56 Å². The van der Waals surface area contributed by atoms with Crippen molar-refractivity contribution in [1.82, 2.24) is 19.6 Å². The molecule has 1 aromatic heterocycles. The number of rotatable bonds is 6. The third-order valence-corrected chi connectivity index (χ3v) is 6.26. The third-order valence-electron chi connectivity index (χ3n) is 6.26. The van der Waals surface area contributed by atoms with E-state index in [9.17, 15) is 4.79 Å². The van der Waals surface area contributed by atoms with Gasteiger partial charge in [0.25, 0.3) is 5.91 Å². The predicted molar refractivity (Wildman–Crippen MR) is 125 cm³/mol. The minimum atomic E-state index is 0.0818. The summed E-state index contributed by atoms with van der Waals surface area (Å²) in [5, 5.41) is 4.56. The van der Waals surface area contributed by atoms with Gasteiger partial charge in [0.1, 0.15) is 0 Å². The largest absolute Gasteiger partial charge is 0.337 e. The summed E-state index contributed by atoms with van der Waals surface area (Å²) in [6.45, 7) is 7.10. The second-order valence-electron chi connectivity index (χ2n) is 8.64. The average molecular weight is 417 g/mol. The van der Waals surface area contributed by atoms with Gasteiger partial charge in [-0.2, -0.15) is 5.10 Å². The number of hydrogen-bond acceptors (Lipinski definition) is 3. The monoisotopic (exact) mass is 416 g/mol. The van der Waals surface area contributed by atoms with E-state index < -0.39 is 0 Å². The quantitative estimate of drug-likeness (QED) is 0.603. The fraction of sp³-hybridized carbons (Fsp3) is 0.385. The first kappa shape index (κ1) is 21.3. The number of piperidine rings is 1. The molecular weight excluding hydrogens is 384 g/mol. The molecule has 0 aliphatic carbocycles. The Morgan fingerprint density at radius 1 is 1.10 bits per heavy atom. The lowest BCUT2D eigenvalue weighted by Crippen LogP contribution is -2.49. The topological polar surface area (TPSA) is 41.4 Å². The van der Waals surface area contributed by atoms with Crippen LogP contribution in [-0.4, -0.2) is 58.2 Å². The summed E-state index contributed by atoms with van der Waals surface area (Å²) in [4.78, 5) is 17.7. The molecule has 4 rings (SSSR count). The molecule has 1 saturated heterocycles. The van der Waals surface area contributed by atoms with Crippen molar-refractivity contribution in [3.05, 3.63) is 83.2 Å². The van der Waals surface area contributed by atoms with Crippen molar-refractivity contribution in [3.8, 4) is 5.69 Å². The third kappa shape index (κ3) is 5.05. The molecule has 2 aromatic carbocycles. The highest BCUT2D eigenvalue weighted by molar-refractivity contribution is 5.94. The fourth-order valence-electron chi connectivity index (χ4n) is 4.51. The lowest BCUT2D eigenvalue weighted by atomic mass is 10.0. The number of hydrogen-bond donors (Lipinski definition) is 0. The second-order valence-corrected chi connectivity index (χ2v) is 8.64. The minimum absolute atomic E-state index is 0.0818. The van der Waals surface area contributed by atoms with Crippen molar-refractivity contribution in [2.75, 3.05) is 26.7 Å². The Kier molecular flexibility index (Phi) is 6.52. The Hall–Kier alpha value is -2.92. The molecular formula is C26H32N4O. The molecule has 5 heteroatoms. The van der Waals surface area contributed by atoms with Crippen molar-refractivity contribution in [2.24, 2.45) is 0 Å². The number of aromatic nitrogens is 2. The Bertz CT molecular complexity index is 1030. The molecule has 5 nitrogen and oxygen atoms in total. The minimum Gasteiger partial charge on any atom is -0.337 e. The molecule has 3 aromatic rings. The summed E-state index contributed by atoms with van der Waals surface area (Å²) in [6.07, 6.45) is 3.24. The number of nitrogens with zero attached hydrogens (tertiary/aromatic N) is 4. The molecule has 31 heavy (non-hydrogen) atoms. The molecule has 0 radical (unpaired) electrons. The van der Waals surface area contributed by atoms with Gasteiger partial charge in [0.15, 0.2) is 0 Å². The molecule has 162 valence electrons. The molecule has 0 unspecified atom stereocenters. The highest BCUT2D eigenvalue weighted by atomic mass is 16.2. The van der Waals surface area contributed by atoms with E-state index in [4.69, 9.17) is 0 Å². The van der Waals surface area contributed by atoms with Gasteiger partial charge in [-0.05, 0) is 69.5 Å². The molecule has 1 amide bonds. The first-order chi connectivity index (χ1) is 15.0. The van der Waals surface area contributed by atoms with E-state index in [0.717, 1.165) is 56.0 Å². The Labute approximate surface area is 185 Å². The zero-order valence-corrected chi connectivity index (χ0v) is 18.8. The van der Waals surface area contributed by atoms with Crippen LogP contribution in [-0.2, 0) is 6.42 Å². The molecule has 1 aliphatic rings. The van der Waals surface area contributed by atoms with Gasteiger partial charge >= 0.3 is 0 Å². The van der Waals surface area contributed by atoms with Crippen molar-refractivity contribution in [1.29, 1.82) is 0 Å². The molecule has 1 atom stereocenters. The van der Waals surface area contributed by atoms with Crippen molar-refractivity contribution >= 4 is 5.91 Å². The van der Waals surface area contributed by atoms with Crippen molar-refractivity contribution in [3.63, 3.8) is 0 Å². The number of carbonyl (C=O) groups excluding carboxylic acids is 1. The maximum atomic E-state index is 13.3. The standard InChI is InChI=1S/C26H32N4O/c1-20-17-21(2)30(27-20)24-12-7-11-23(18-24)26(31)28(3)25-13-8-15-29(19-25)16-14-22-9-5-4-6-10-22/h4-7,9-12,17-18,25H,8,13-16,19H2,1-3H3/t25-/m1/s1. The lowest BCUT2D eigenvalue weighted by molar-refractivity contribution is 0.0619. The summed E-state index contributed by atoms with van der Waals surface area (Å²) in [5.74, 6) is 0.0818. The lowest BCUT2D eigenvalue weighted by Gasteiger charge is -2.37. The Balaban J connectivity index is 1.41. The highest BCUT2D eigenvalue weighted by Crippen LogP contribution is 2.20. The number of carbonyl (C=O) groups is 1. The number of aryl methyl sites for hydroxylation is 2. The Morgan fingerprint density at radius 3 is 2.65 bits per heavy atom. The van der Waals surface area contributed by atoms with Crippen LogP contribution in [0.2, 0.25) is 0 Å². The summed E-state index contributed by atoms with van der Waals surface area (Å²) in [5.41, 5.74) is 5.06. The first-order valence-corrected chi connectivity index (χ1v) is 11.2. The maximum absolute atomic E-state index is 13.3. The smallest absolute Gasteiger partial charge is 0.253 e. The van der Waals surface area contributed by atoms with E-state index in [-0.39, 0.29) is 11.9 Å². The van der Waals surface area contributed by atoms with Crippen molar-refractivity contribution < 1.29 is 4.79 Å². The fourth-order valence-corrected chi connectivity index (χ4v) is 4.51. The number of benzene rings is 2. The summed E-state index contributed by atoms with van der Waals surface area (Å²) < 4.78 is 1.90. The number of likely N-dealkylation sites (tertiary alicyclic amines) is 1. The van der Waals surface area contributed by atoms with Crippen LogP contribution in [0.25, 0.3) is 5.69 Å². The van der Waals surface area contributed by atoms with E-state index in [2.05, 4.69) is 40.3 Å². The molecule has 0 bridgehead atoms. The average Bonchev–Trinajstić information content (AvgIpc) is 3.15. The zero-order valence-electron chi connectivity index (χ0n) is 18.8. The van der Waals surface area contributed by atoms with Crippen LogP contribution in [0, 0.1) is 13.8 Å². The van der Waals surface area contributed by atoms with Gasteiger partial charge in [0.2, 0.25) is 0 Å². The molecule has 0 N–H and O–H groups in total. The van der Waals surface area contributed by atoms with Gasteiger partial charge in [0.05, 0.1) is 11.4 Å². The summed E-state index contributed by atoms with van der Waals surface area (Å²) in [6, 6.07) is 20.7. The van der Waals surface area contributed by atoms with E-state index >= 15 is 0 Å². The van der Waals surface area contributed by atoms with E-state index in [1.165, 1.54) is 5.56 Å². The van der Waals surface area contributed by atoms with Crippen LogP contribution in [0.3, 0.4) is 0 Å². The van der Waals surface area contributed by atoms with Crippen molar-refractivity contribution in [2.45, 2.75) is 39.2 Å². The van der Waals surface area contributed by atoms with Crippen LogP contribution in [0.5, 0.6) is 0 Å². The molecule has 0 saturated carbocycles. The van der Waals surface area contributed by atoms with Crippen LogP contribution in [0.4, 0.5) is 0 Å². The SMILES string of the molecule is Cc1cc(C)n(-c2cccc(C(=O)N(C)[C@@H]3CCCN(CCc4ccccc4)C3)c2)n1. The summed E-state index contributed by atoms with van der Waals surface area (Å²) >= 11 is 0. The molecule has 1 fully saturated rings. The van der Waals surface area contributed by atoms with E-state index in [1.54, 1.807) is 0 Å². The summed E-state index contributed by atoms with van der Waals surface area (Å²) in [7, 11) is 1.95. The Morgan fingerprint density at radius 2 is 1.90 bits per heavy atom. The molecule has 0 spiro atoms. The van der Waals surface area contributed by atoms with Gasteiger partial charge in [-0.3, -0.25) is 4.79 Å². The van der Waals surface area contributed by atoms with E-state index in [1.807, 2.05) is 60.8 Å². The highest BCUT2D eigenvalue weighted by Gasteiger charge is 2.26. The van der Waals surface area contributed by atoms with Crippen LogP contribution in [0.15, 0.2) is 60.7 Å². The predicted octanol–water partition coefficient (Wildman–Crippen LogP) is 4.27. The van der Waals surface area contributed by atoms with Gasteiger partial charge in [-0.25, -0.2) is 4.68 Å². The van der Waals surface area contributed by atoms with Crippen LogP contribution >= 0.6 is 0 Å². The normalized spacial score (nSPS) is 16.9. The number of likely N-dealkylation sites (N-methyl/N-ethyl adjacent to an activating group) is 1. The van der Waals surface area contributed by atoms with Gasteiger partial charge in [-0.15, -0.1) is 0 Å². The van der Waals surface area contributed by atoms with Gasteiger partial charge in [0, 0.05) is 37.4 Å². The van der Waals surface area contributed by atoms with Crippen LogP contribution in [0.1, 0.15) is 40.2 Å². The molecule has 2 heterocycles. The van der Waals surface area contributed by atoms with Crippen LogP contribution < -0.4 is 0 Å². The second kappa shape index (κ2) is 9.48. The van der Waals surface area contributed by atoms with Gasteiger partial charge < -0.3 is 9.80 Å². The molecule has 1 aliphatic heterocycles. The zero-order chi connectivity index (χ0) is 21.8. The number of amides is 1. The first-order valence-electron chi connectivity index (χ1n) is 11.2. The maximum Gasteiger partial charge on any atom is 0.253 e. The van der Waals surface area contributed by atoms with Gasteiger partial charge in [-0.1, -0.05) is 36.4 Å².